The highest BCUT2D eigenvalue weighted by Gasteiger charge is 2.34. The highest BCUT2D eigenvalue weighted by molar-refractivity contribution is 5.87. The van der Waals surface area contributed by atoms with E-state index in [1.807, 2.05) is 36.4 Å². The minimum atomic E-state index is -1.80. The number of alkyl carbamates (subject to hydrolysis) is 1. The van der Waals surface area contributed by atoms with Gasteiger partial charge in [-0.3, -0.25) is 4.79 Å². The molecule has 2 aromatic rings. The van der Waals surface area contributed by atoms with Crippen molar-refractivity contribution in [1.82, 2.24) is 10.6 Å². The van der Waals surface area contributed by atoms with Gasteiger partial charge in [0, 0.05) is 19.6 Å². The molecule has 3 rings (SSSR count). The van der Waals surface area contributed by atoms with Crippen molar-refractivity contribution < 1.29 is 34.1 Å². The molecule has 33 heavy (non-hydrogen) atoms. The first kappa shape index (κ1) is 24.2. The van der Waals surface area contributed by atoms with E-state index in [9.17, 15) is 19.5 Å². The number of aliphatic hydroxyl groups is 1. The lowest BCUT2D eigenvalue weighted by molar-refractivity contribution is -0.149. The normalized spacial score (nSPS) is 15.0. The molecule has 1 aliphatic rings. The third-order valence-electron chi connectivity index (χ3n) is 5.77. The first-order valence-electron chi connectivity index (χ1n) is 10.6. The molecule has 0 heterocycles. The summed E-state index contributed by atoms with van der Waals surface area (Å²) in [6.07, 6.45) is -1.56. The molecule has 0 saturated heterocycles. The van der Waals surface area contributed by atoms with Crippen LogP contribution < -0.4 is 10.6 Å². The van der Waals surface area contributed by atoms with Crippen molar-refractivity contribution in [3.8, 4) is 11.1 Å². The molecule has 2 aromatic carbocycles. The van der Waals surface area contributed by atoms with Crippen molar-refractivity contribution in [3.05, 3.63) is 59.7 Å². The quantitative estimate of drug-likeness (QED) is 0.429. The number of carboxylic acids is 1. The van der Waals surface area contributed by atoms with Gasteiger partial charge < -0.3 is 30.3 Å². The topological polar surface area (TPSA) is 134 Å². The van der Waals surface area contributed by atoms with Crippen LogP contribution >= 0.6 is 0 Å². The third-order valence-corrected chi connectivity index (χ3v) is 5.77. The molecule has 0 bridgehead atoms. The zero-order chi connectivity index (χ0) is 24.0. The summed E-state index contributed by atoms with van der Waals surface area (Å²) in [5.74, 6) is -2.06. The van der Waals surface area contributed by atoms with Gasteiger partial charge in [-0.1, -0.05) is 48.5 Å². The van der Waals surface area contributed by atoms with Gasteiger partial charge in [0.05, 0.1) is 19.1 Å². The SMILES string of the molecule is COC(CNC(=O)OCC1c2ccccc2-c2ccccc21)CC(=O)NC(C)(CO)C(=O)O. The summed E-state index contributed by atoms with van der Waals surface area (Å²) in [5, 5.41) is 23.2. The molecule has 0 fully saturated rings. The Morgan fingerprint density at radius 1 is 1.06 bits per heavy atom. The fourth-order valence-corrected chi connectivity index (χ4v) is 3.81. The predicted octanol–water partition coefficient (Wildman–Crippen LogP) is 1.88. The largest absolute Gasteiger partial charge is 0.479 e. The summed E-state index contributed by atoms with van der Waals surface area (Å²) >= 11 is 0. The molecule has 0 radical (unpaired) electrons. The van der Waals surface area contributed by atoms with E-state index in [0.717, 1.165) is 22.3 Å². The van der Waals surface area contributed by atoms with Crippen LogP contribution in [0.3, 0.4) is 0 Å². The van der Waals surface area contributed by atoms with Crippen LogP contribution in [-0.2, 0) is 19.1 Å². The zero-order valence-corrected chi connectivity index (χ0v) is 18.5. The minimum Gasteiger partial charge on any atom is -0.479 e. The number of nitrogens with one attached hydrogen (secondary N) is 2. The lowest BCUT2D eigenvalue weighted by Gasteiger charge is -2.25. The number of aliphatic carboxylic acids is 1. The van der Waals surface area contributed by atoms with Crippen LogP contribution in [0.25, 0.3) is 11.1 Å². The lowest BCUT2D eigenvalue weighted by atomic mass is 9.98. The molecule has 176 valence electrons. The van der Waals surface area contributed by atoms with E-state index in [-0.39, 0.29) is 25.5 Å². The highest BCUT2D eigenvalue weighted by Crippen LogP contribution is 2.44. The monoisotopic (exact) mass is 456 g/mol. The maximum atomic E-state index is 12.3. The first-order chi connectivity index (χ1) is 15.8. The summed E-state index contributed by atoms with van der Waals surface area (Å²) in [4.78, 5) is 35.7. The Balaban J connectivity index is 1.52. The van der Waals surface area contributed by atoms with Gasteiger partial charge in [0.15, 0.2) is 5.54 Å². The fraction of sp³-hybridized carbons (Fsp3) is 0.375. The Hall–Kier alpha value is -3.43. The average molecular weight is 456 g/mol. The van der Waals surface area contributed by atoms with Crippen LogP contribution in [0.2, 0.25) is 0 Å². The second-order valence-electron chi connectivity index (χ2n) is 8.11. The molecule has 1 aliphatic carbocycles. The average Bonchev–Trinajstić information content (AvgIpc) is 3.13. The number of aliphatic hydroxyl groups excluding tert-OH is 1. The van der Waals surface area contributed by atoms with E-state index in [4.69, 9.17) is 14.6 Å². The molecule has 0 saturated carbocycles. The third kappa shape index (κ3) is 5.50. The number of rotatable bonds is 10. The van der Waals surface area contributed by atoms with Gasteiger partial charge in [0.25, 0.3) is 0 Å². The first-order valence-corrected chi connectivity index (χ1v) is 10.6. The Bertz CT molecular complexity index is 980. The van der Waals surface area contributed by atoms with Crippen molar-refractivity contribution in [1.29, 1.82) is 0 Å². The Kier molecular flexibility index (Phi) is 7.67. The van der Waals surface area contributed by atoms with E-state index < -0.39 is 36.2 Å². The number of methoxy groups -OCH3 is 1. The van der Waals surface area contributed by atoms with Gasteiger partial charge in [-0.2, -0.15) is 0 Å². The number of amides is 2. The zero-order valence-electron chi connectivity index (χ0n) is 18.5. The van der Waals surface area contributed by atoms with Gasteiger partial charge in [-0.05, 0) is 29.2 Å². The minimum absolute atomic E-state index is 0.0104. The molecule has 2 unspecified atom stereocenters. The number of hydrogen-bond acceptors (Lipinski definition) is 6. The van der Waals surface area contributed by atoms with Gasteiger partial charge in [0.1, 0.15) is 6.61 Å². The Labute approximate surface area is 191 Å². The number of carbonyl (C=O) groups is 3. The summed E-state index contributed by atoms with van der Waals surface area (Å²) in [6, 6.07) is 16.0. The number of fused-ring (bicyclic) bond motifs is 3. The summed E-state index contributed by atoms with van der Waals surface area (Å²) in [6.45, 7) is 0.586. The van der Waals surface area contributed by atoms with Crippen LogP contribution in [-0.4, -0.2) is 66.7 Å². The second kappa shape index (κ2) is 10.5. The van der Waals surface area contributed by atoms with E-state index >= 15 is 0 Å². The van der Waals surface area contributed by atoms with Crippen molar-refractivity contribution in [2.45, 2.75) is 30.9 Å². The van der Waals surface area contributed by atoms with Gasteiger partial charge in [-0.25, -0.2) is 9.59 Å². The van der Waals surface area contributed by atoms with E-state index in [0.29, 0.717) is 0 Å². The van der Waals surface area contributed by atoms with E-state index in [1.165, 1.54) is 14.0 Å². The van der Waals surface area contributed by atoms with Crippen LogP contribution in [0.15, 0.2) is 48.5 Å². The predicted molar refractivity (Wildman–Crippen MR) is 120 cm³/mol. The van der Waals surface area contributed by atoms with E-state index in [2.05, 4.69) is 22.8 Å². The van der Waals surface area contributed by atoms with Crippen molar-refractivity contribution >= 4 is 18.0 Å². The van der Waals surface area contributed by atoms with Crippen molar-refractivity contribution in [3.63, 3.8) is 0 Å². The molecule has 2 amide bonds. The molecule has 2 atom stereocenters. The number of ether oxygens (including phenoxy) is 2. The Morgan fingerprint density at radius 2 is 1.64 bits per heavy atom. The number of benzene rings is 2. The second-order valence-corrected chi connectivity index (χ2v) is 8.11. The molecule has 4 N–H and O–H groups in total. The van der Waals surface area contributed by atoms with Gasteiger partial charge >= 0.3 is 12.1 Å². The Morgan fingerprint density at radius 3 is 2.15 bits per heavy atom. The molecule has 0 aliphatic heterocycles. The molecule has 0 spiro atoms. The smallest absolute Gasteiger partial charge is 0.407 e. The standard InChI is InChI=1S/C24H28N2O7/c1-24(14-27,22(29)30)26-21(28)11-15(32-2)12-25-23(31)33-13-20-18-9-5-3-7-16(18)17-8-4-6-10-19(17)20/h3-10,15,20,27H,11-14H2,1-2H3,(H,25,31)(H,26,28)(H,29,30). The van der Waals surface area contributed by atoms with Gasteiger partial charge in [-0.15, -0.1) is 0 Å². The molecule has 9 nitrogen and oxygen atoms in total. The highest BCUT2D eigenvalue weighted by atomic mass is 16.5. The van der Waals surface area contributed by atoms with Crippen molar-refractivity contribution in [2.75, 3.05) is 26.9 Å². The number of hydrogen-bond donors (Lipinski definition) is 4. The summed E-state index contributed by atoms with van der Waals surface area (Å²) < 4.78 is 10.7. The van der Waals surface area contributed by atoms with E-state index in [1.54, 1.807) is 0 Å². The van der Waals surface area contributed by atoms with Crippen LogP contribution in [0.5, 0.6) is 0 Å². The van der Waals surface area contributed by atoms with Crippen LogP contribution in [0.1, 0.15) is 30.4 Å². The maximum Gasteiger partial charge on any atom is 0.407 e. The summed E-state index contributed by atoms with van der Waals surface area (Å²) in [7, 11) is 1.37. The van der Waals surface area contributed by atoms with Crippen molar-refractivity contribution in [2.24, 2.45) is 0 Å². The van der Waals surface area contributed by atoms with Crippen LogP contribution in [0.4, 0.5) is 4.79 Å². The van der Waals surface area contributed by atoms with Gasteiger partial charge in [0.2, 0.25) is 5.91 Å². The van der Waals surface area contributed by atoms with Crippen LogP contribution in [0, 0.1) is 0 Å². The molecular weight excluding hydrogens is 428 g/mol. The molecule has 9 heteroatoms. The lowest BCUT2D eigenvalue weighted by Crippen LogP contribution is -2.55. The number of carboxylic acid groups (broad SMARTS) is 1. The fourth-order valence-electron chi connectivity index (χ4n) is 3.81. The number of carbonyl (C=O) groups excluding carboxylic acids is 2. The summed E-state index contributed by atoms with van der Waals surface area (Å²) in [5.41, 5.74) is 2.66. The molecular formula is C24H28N2O7. The maximum absolute atomic E-state index is 12.3. The molecule has 0 aromatic heterocycles.